The van der Waals surface area contributed by atoms with Gasteiger partial charge in [-0.3, -0.25) is 4.79 Å². The SMILES string of the molecule is NC(=O)C1(c2ccc(-c3ccc([C@H](N)C(F)(F)F)cc3)c(F)c2)CC1. The molecular weight excluding hydrogens is 336 g/mol. The van der Waals surface area contributed by atoms with E-state index in [0.717, 1.165) is 0 Å². The van der Waals surface area contributed by atoms with Gasteiger partial charge in [0.2, 0.25) is 5.91 Å². The van der Waals surface area contributed by atoms with Crippen LogP contribution in [-0.2, 0) is 10.2 Å². The van der Waals surface area contributed by atoms with Gasteiger partial charge in [0, 0.05) is 5.56 Å². The number of nitrogens with two attached hydrogens (primary N) is 2. The molecule has 0 radical (unpaired) electrons. The van der Waals surface area contributed by atoms with Crippen LogP contribution in [0.2, 0.25) is 0 Å². The monoisotopic (exact) mass is 352 g/mol. The molecule has 1 amide bonds. The molecule has 0 bridgehead atoms. The Labute approximate surface area is 141 Å². The Bertz CT molecular complexity index is 811. The summed E-state index contributed by atoms with van der Waals surface area (Å²) in [5.41, 5.74) is 10.8. The van der Waals surface area contributed by atoms with Crippen LogP contribution in [0.25, 0.3) is 11.1 Å². The first-order valence-corrected chi connectivity index (χ1v) is 7.68. The smallest absolute Gasteiger partial charge is 0.369 e. The maximum absolute atomic E-state index is 14.4. The zero-order chi connectivity index (χ0) is 18.4. The molecule has 0 spiro atoms. The Hall–Kier alpha value is -2.41. The third kappa shape index (κ3) is 3.11. The van der Waals surface area contributed by atoms with Gasteiger partial charge in [0.25, 0.3) is 0 Å². The van der Waals surface area contributed by atoms with E-state index in [1.54, 1.807) is 6.07 Å². The Morgan fingerprint density at radius 3 is 2.12 bits per heavy atom. The van der Waals surface area contributed by atoms with E-state index in [4.69, 9.17) is 11.5 Å². The number of benzene rings is 2. The van der Waals surface area contributed by atoms with Gasteiger partial charge >= 0.3 is 6.18 Å². The molecule has 0 unspecified atom stereocenters. The van der Waals surface area contributed by atoms with Crippen LogP contribution in [0, 0.1) is 5.82 Å². The Kier molecular flexibility index (Phi) is 4.07. The highest BCUT2D eigenvalue weighted by Gasteiger charge is 2.50. The number of amides is 1. The molecule has 1 fully saturated rings. The van der Waals surface area contributed by atoms with E-state index in [1.807, 2.05) is 0 Å². The van der Waals surface area contributed by atoms with Crippen molar-refractivity contribution in [2.45, 2.75) is 30.5 Å². The molecule has 4 N–H and O–H groups in total. The summed E-state index contributed by atoms with van der Waals surface area (Å²) in [5.74, 6) is -1.04. The first-order valence-electron chi connectivity index (χ1n) is 7.68. The molecule has 0 heterocycles. The zero-order valence-electron chi connectivity index (χ0n) is 13.1. The largest absolute Gasteiger partial charge is 0.407 e. The van der Waals surface area contributed by atoms with Crippen LogP contribution in [0.1, 0.15) is 30.0 Å². The van der Waals surface area contributed by atoms with E-state index in [0.29, 0.717) is 24.0 Å². The van der Waals surface area contributed by atoms with Gasteiger partial charge in [-0.15, -0.1) is 0 Å². The van der Waals surface area contributed by atoms with Crippen LogP contribution >= 0.6 is 0 Å². The molecule has 1 aliphatic carbocycles. The summed E-state index contributed by atoms with van der Waals surface area (Å²) in [7, 11) is 0. The van der Waals surface area contributed by atoms with Crippen LogP contribution < -0.4 is 11.5 Å². The lowest BCUT2D eigenvalue weighted by molar-refractivity contribution is -0.149. The molecule has 0 aliphatic heterocycles. The predicted molar refractivity (Wildman–Crippen MR) is 84.9 cm³/mol. The van der Waals surface area contributed by atoms with Gasteiger partial charge < -0.3 is 11.5 Å². The second kappa shape index (κ2) is 5.84. The third-order valence-corrected chi connectivity index (χ3v) is 4.68. The van der Waals surface area contributed by atoms with Gasteiger partial charge in [-0.05, 0) is 35.6 Å². The molecule has 3 nitrogen and oxygen atoms in total. The van der Waals surface area contributed by atoms with E-state index in [-0.39, 0.29) is 11.1 Å². The molecule has 3 rings (SSSR count). The summed E-state index contributed by atoms with van der Waals surface area (Å²) in [5, 5.41) is 0. The number of primary amides is 1. The zero-order valence-corrected chi connectivity index (χ0v) is 13.1. The Morgan fingerprint density at radius 1 is 1.08 bits per heavy atom. The summed E-state index contributed by atoms with van der Waals surface area (Å²) >= 11 is 0. The van der Waals surface area contributed by atoms with Crippen LogP contribution in [0.3, 0.4) is 0 Å². The maximum atomic E-state index is 14.4. The molecule has 0 aromatic heterocycles. The van der Waals surface area contributed by atoms with Crippen molar-refractivity contribution < 1.29 is 22.4 Å². The summed E-state index contributed by atoms with van der Waals surface area (Å²) in [6.45, 7) is 0. The van der Waals surface area contributed by atoms with Crippen molar-refractivity contribution in [2.24, 2.45) is 11.5 Å². The number of hydrogen-bond donors (Lipinski definition) is 2. The number of carbonyl (C=O) groups excluding carboxylic acids is 1. The molecule has 1 atom stereocenters. The molecule has 2 aromatic carbocycles. The molecule has 25 heavy (non-hydrogen) atoms. The van der Waals surface area contributed by atoms with Crippen molar-refractivity contribution in [1.29, 1.82) is 0 Å². The predicted octanol–water partition coefficient (Wildman–Crippen LogP) is 3.57. The average molecular weight is 352 g/mol. The summed E-state index contributed by atoms with van der Waals surface area (Å²) in [4.78, 5) is 11.5. The molecule has 1 saturated carbocycles. The van der Waals surface area contributed by atoms with Gasteiger partial charge in [-0.1, -0.05) is 36.4 Å². The fourth-order valence-corrected chi connectivity index (χ4v) is 2.91. The van der Waals surface area contributed by atoms with Crippen LogP contribution in [-0.4, -0.2) is 12.1 Å². The standard InChI is InChI=1S/C18H16F4N2O/c19-14-9-12(17(7-8-17)16(24)25)5-6-13(14)10-1-3-11(4-2-10)15(23)18(20,21)22/h1-6,9,15H,7-8,23H2,(H2,24,25)/t15-/m0/s1. The second-order valence-electron chi connectivity index (χ2n) is 6.28. The van der Waals surface area contributed by atoms with Crippen molar-refractivity contribution >= 4 is 5.91 Å². The molecule has 7 heteroatoms. The fourth-order valence-electron chi connectivity index (χ4n) is 2.91. The highest BCUT2D eigenvalue weighted by Crippen LogP contribution is 2.48. The van der Waals surface area contributed by atoms with Gasteiger partial charge in [-0.25, -0.2) is 4.39 Å². The molecular formula is C18H16F4N2O. The van der Waals surface area contributed by atoms with Crippen molar-refractivity contribution in [3.8, 4) is 11.1 Å². The number of alkyl halides is 3. The highest BCUT2D eigenvalue weighted by molar-refractivity contribution is 5.90. The lowest BCUT2D eigenvalue weighted by Gasteiger charge is -2.16. The van der Waals surface area contributed by atoms with E-state index < -0.39 is 29.4 Å². The van der Waals surface area contributed by atoms with E-state index in [2.05, 4.69) is 0 Å². The Balaban J connectivity index is 1.89. The quantitative estimate of drug-likeness (QED) is 0.826. The maximum Gasteiger partial charge on any atom is 0.407 e. The first-order chi connectivity index (χ1) is 11.6. The van der Waals surface area contributed by atoms with Crippen LogP contribution in [0.5, 0.6) is 0 Å². The summed E-state index contributed by atoms with van der Waals surface area (Å²) in [6.07, 6.45) is -3.36. The van der Waals surface area contributed by atoms with Crippen molar-refractivity contribution in [3.63, 3.8) is 0 Å². The summed E-state index contributed by atoms with van der Waals surface area (Å²) in [6, 6.07) is 7.55. The lowest BCUT2D eigenvalue weighted by atomic mass is 9.92. The normalized spacial score (nSPS) is 17.2. The van der Waals surface area contributed by atoms with E-state index >= 15 is 0 Å². The lowest BCUT2D eigenvalue weighted by Crippen LogP contribution is -2.28. The third-order valence-electron chi connectivity index (χ3n) is 4.68. The van der Waals surface area contributed by atoms with Crippen LogP contribution in [0.15, 0.2) is 42.5 Å². The molecule has 2 aromatic rings. The molecule has 132 valence electrons. The fraction of sp³-hybridized carbons (Fsp3) is 0.278. The van der Waals surface area contributed by atoms with Crippen molar-refractivity contribution in [1.82, 2.24) is 0 Å². The van der Waals surface area contributed by atoms with Crippen LogP contribution in [0.4, 0.5) is 17.6 Å². The molecule has 1 aliphatic rings. The summed E-state index contributed by atoms with van der Waals surface area (Å²) < 4.78 is 52.3. The first kappa shape index (κ1) is 17.4. The van der Waals surface area contributed by atoms with Gasteiger partial charge in [-0.2, -0.15) is 13.2 Å². The highest BCUT2D eigenvalue weighted by atomic mass is 19.4. The molecule has 0 saturated heterocycles. The number of halogens is 4. The van der Waals surface area contributed by atoms with E-state index in [9.17, 15) is 22.4 Å². The minimum absolute atomic E-state index is 0.0982. The minimum atomic E-state index is -4.54. The van der Waals surface area contributed by atoms with E-state index in [1.165, 1.54) is 36.4 Å². The minimum Gasteiger partial charge on any atom is -0.369 e. The van der Waals surface area contributed by atoms with Gasteiger partial charge in [0.15, 0.2) is 0 Å². The van der Waals surface area contributed by atoms with Gasteiger partial charge in [0.1, 0.15) is 11.9 Å². The number of carbonyl (C=O) groups is 1. The number of rotatable bonds is 4. The van der Waals surface area contributed by atoms with Crippen molar-refractivity contribution in [3.05, 3.63) is 59.4 Å². The topological polar surface area (TPSA) is 69.1 Å². The Morgan fingerprint density at radius 2 is 1.68 bits per heavy atom. The second-order valence-corrected chi connectivity index (χ2v) is 6.28. The van der Waals surface area contributed by atoms with Gasteiger partial charge in [0.05, 0.1) is 5.41 Å². The van der Waals surface area contributed by atoms with Crippen molar-refractivity contribution in [2.75, 3.05) is 0 Å². The average Bonchev–Trinajstić information content (AvgIpc) is 3.35. The number of hydrogen-bond acceptors (Lipinski definition) is 2.